The third-order valence-electron chi connectivity index (χ3n) is 4.33. The van der Waals surface area contributed by atoms with Crippen molar-refractivity contribution < 1.29 is 13.2 Å². The number of ether oxygens (including phenoxy) is 1. The second-order valence-electron chi connectivity index (χ2n) is 6.55. The van der Waals surface area contributed by atoms with Crippen LogP contribution in [0.2, 0.25) is 0 Å². The molecule has 2 rings (SSSR count). The Balaban J connectivity index is 1.95. The Hall–Kier alpha value is -0.950. The highest BCUT2D eigenvalue weighted by molar-refractivity contribution is 7.88. The summed E-state index contributed by atoms with van der Waals surface area (Å²) >= 11 is 0. The smallest absolute Gasteiger partial charge is 0.208 e. The van der Waals surface area contributed by atoms with Crippen molar-refractivity contribution in [3.8, 4) is 0 Å². The van der Waals surface area contributed by atoms with Crippen LogP contribution in [-0.2, 0) is 14.8 Å². The first-order valence-electron chi connectivity index (χ1n) is 8.13. The monoisotopic (exact) mass is 340 g/mol. The summed E-state index contributed by atoms with van der Waals surface area (Å²) in [7, 11) is -3.10. The summed E-state index contributed by atoms with van der Waals surface area (Å²) in [6.07, 6.45) is 2.09. The number of nitrogens with one attached hydrogen (secondary N) is 1. The lowest BCUT2D eigenvalue weighted by atomic mass is 9.99. The number of nitrogens with zero attached hydrogens (tertiary/aromatic N) is 1. The number of sulfonamides is 1. The van der Waals surface area contributed by atoms with E-state index in [4.69, 9.17) is 4.74 Å². The highest BCUT2D eigenvalue weighted by Crippen LogP contribution is 2.28. The molecule has 0 radical (unpaired) electrons. The fourth-order valence-corrected chi connectivity index (χ4v) is 3.47. The molecule has 0 unspecified atom stereocenters. The van der Waals surface area contributed by atoms with Crippen LogP contribution in [0.5, 0.6) is 0 Å². The normalized spacial score (nSPS) is 23.1. The lowest BCUT2D eigenvalue weighted by Crippen LogP contribution is -2.46. The Bertz CT molecular complexity index is 631. The molecule has 1 aliphatic heterocycles. The van der Waals surface area contributed by atoms with Crippen LogP contribution in [0, 0.1) is 13.8 Å². The van der Waals surface area contributed by atoms with Crippen LogP contribution in [0.4, 0.5) is 0 Å². The van der Waals surface area contributed by atoms with Gasteiger partial charge in [0.05, 0.1) is 19.0 Å². The van der Waals surface area contributed by atoms with Crippen LogP contribution in [0.15, 0.2) is 18.2 Å². The average molecular weight is 340 g/mol. The molecule has 1 N–H and O–H groups in total. The second-order valence-corrected chi connectivity index (χ2v) is 8.38. The van der Waals surface area contributed by atoms with Crippen molar-refractivity contribution in [1.29, 1.82) is 0 Å². The third-order valence-corrected chi connectivity index (χ3v) is 5.06. The van der Waals surface area contributed by atoms with Gasteiger partial charge < -0.3 is 4.74 Å². The van der Waals surface area contributed by atoms with Crippen molar-refractivity contribution in [3.63, 3.8) is 0 Å². The molecule has 1 aromatic rings. The molecule has 1 aromatic carbocycles. The Morgan fingerprint density at radius 1 is 1.35 bits per heavy atom. The van der Waals surface area contributed by atoms with Crippen LogP contribution in [0.3, 0.4) is 0 Å². The number of morpholine rings is 1. The van der Waals surface area contributed by atoms with Gasteiger partial charge in [-0.1, -0.05) is 23.8 Å². The van der Waals surface area contributed by atoms with E-state index >= 15 is 0 Å². The Labute approximate surface area is 140 Å². The zero-order chi connectivity index (χ0) is 17.0. The Morgan fingerprint density at radius 2 is 2.09 bits per heavy atom. The van der Waals surface area contributed by atoms with E-state index in [1.165, 1.54) is 22.9 Å². The zero-order valence-electron chi connectivity index (χ0n) is 14.5. The molecule has 0 spiro atoms. The van der Waals surface area contributed by atoms with Gasteiger partial charge in [-0.15, -0.1) is 0 Å². The molecule has 0 amide bonds. The standard InChI is InChI=1S/C17H28N2O3S/c1-13-6-7-14(2)16(10-13)17-11-19(15(3)12-22-17)9-5-8-18-23(4,20)21/h6-7,10,15,17-18H,5,8-9,11-12H2,1-4H3/t15-,17-/m0/s1. The van der Waals surface area contributed by atoms with Crippen LogP contribution >= 0.6 is 0 Å². The van der Waals surface area contributed by atoms with Gasteiger partial charge in [-0.25, -0.2) is 13.1 Å². The zero-order valence-corrected chi connectivity index (χ0v) is 15.3. The van der Waals surface area contributed by atoms with Crippen LogP contribution in [0.1, 0.15) is 36.1 Å². The van der Waals surface area contributed by atoms with Gasteiger partial charge in [0.15, 0.2) is 0 Å². The predicted octanol–water partition coefficient (Wildman–Crippen LogP) is 2.00. The topological polar surface area (TPSA) is 58.6 Å². The molecule has 0 aliphatic carbocycles. The van der Waals surface area contributed by atoms with E-state index in [2.05, 4.69) is 48.6 Å². The Morgan fingerprint density at radius 3 is 2.78 bits per heavy atom. The van der Waals surface area contributed by atoms with Crippen LogP contribution in [0.25, 0.3) is 0 Å². The molecule has 1 fully saturated rings. The van der Waals surface area contributed by atoms with Gasteiger partial charge in [0.25, 0.3) is 0 Å². The van der Waals surface area contributed by atoms with E-state index < -0.39 is 10.0 Å². The van der Waals surface area contributed by atoms with Crippen molar-refractivity contribution in [2.75, 3.05) is 32.5 Å². The lowest BCUT2D eigenvalue weighted by molar-refractivity contribution is -0.0603. The maximum absolute atomic E-state index is 11.1. The van der Waals surface area contributed by atoms with Gasteiger partial charge in [0.2, 0.25) is 10.0 Å². The fourth-order valence-electron chi connectivity index (χ4n) is 2.95. The van der Waals surface area contributed by atoms with E-state index in [0.29, 0.717) is 19.2 Å². The predicted molar refractivity (Wildman–Crippen MR) is 93.1 cm³/mol. The molecule has 0 saturated carbocycles. The van der Waals surface area contributed by atoms with E-state index in [1.807, 2.05) is 0 Å². The van der Waals surface area contributed by atoms with Crippen molar-refractivity contribution in [1.82, 2.24) is 9.62 Å². The van der Waals surface area contributed by atoms with Gasteiger partial charge in [0, 0.05) is 19.1 Å². The third kappa shape index (κ3) is 5.57. The Kier molecular flexibility index (Phi) is 6.19. The first kappa shape index (κ1) is 18.4. The molecule has 2 atom stereocenters. The number of aryl methyl sites for hydroxylation is 2. The molecule has 1 saturated heterocycles. The lowest BCUT2D eigenvalue weighted by Gasteiger charge is -2.38. The van der Waals surface area contributed by atoms with Crippen LogP contribution in [-0.4, -0.2) is 51.9 Å². The average Bonchev–Trinajstić information content (AvgIpc) is 2.47. The number of rotatable bonds is 6. The molecule has 0 bridgehead atoms. The largest absolute Gasteiger partial charge is 0.371 e. The first-order chi connectivity index (χ1) is 10.8. The summed E-state index contributed by atoms with van der Waals surface area (Å²) in [6, 6.07) is 6.83. The highest BCUT2D eigenvalue weighted by Gasteiger charge is 2.27. The minimum atomic E-state index is -3.10. The van der Waals surface area contributed by atoms with Crippen molar-refractivity contribution >= 4 is 10.0 Å². The summed E-state index contributed by atoms with van der Waals surface area (Å²) in [5, 5.41) is 0. The minimum Gasteiger partial charge on any atom is -0.371 e. The minimum absolute atomic E-state index is 0.0916. The molecule has 23 heavy (non-hydrogen) atoms. The maximum Gasteiger partial charge on any atom is 0.208 e. The van der Waals surface area contributed by atoms with Crippen LogP contribution < -0.4 is 4.72 Å². The molecule has 1 heterocycles. The highest BCUT2D eigenvalue weighted by atomic mass is 32.2. The van der Waals surface area contributed by atoms with Gasteiger partial charge in [-0.3, -0.25) is 4.90 Å². The molecular formula is C17H28N2O3S. The summed E-state index contributed by atoms with van der Waals surface area (Å²) in [4.78, 5) is 2.39. The fraction of sp³-hybridized carbons (Fsp3) is 0.647. The molecule has 130 valence electrons. The number of hydrogen-bond donors (Lipinski definition) is 1. The van der Waals surface area contributed by atoms with Crippen molar-refractivity contribution in [2.45, 2.75) is 39.3 Å². The van der Waals surface area contributed by atoms with E-state index in [9.17, 15) is 8.42 Å². The van der Waals surface area contributed by atoms with Gasteiger partial charge in [0.1, 0.15) is 0 Å². The van der Waals surface area contributed by atoms with E-state index in [0.717, 1.165) is 19.5 Å². The summed E-state index contributed by atoms with van der Waals surface area (Å²) < 4.78 is 30.8. The van der Waals surface area contributed by atoms with Crippen molar-refractivity contribution in [2.24, 2.45) is 0 Å². The number of benzene rings is 1. The second kappa shape index (κ2) is 7.75. The first-order valence-corrected chi connectivity index (χ1v) is 10.0. The molecule has 5 nitrogen and oxygen atoms in total. The molecular weight excluding hydrogens is 312 g/mol. The van der Waals surface area contributed by atoms with E-state index in [1.54, 1.807) is 0 Å². The quantitative estimate of drug-likeness (QED) is 0.805. The molecule has 6 heteroatoms. The van der Waals surface area contributed by atoms with Gasteiger partial charge >= 0.3 is 0 Å². The van der Waals surface area contributed by atoms with E-state index in [-0.39, 0.29) is 6.10 Å². The maximum atomic E-state index is 11.1. The summed E-state index contributed by atoms with van der Waals surface area (Å²) in [5.41, 5.74) is 3.77. The van der Waals surface area contributed by atoms with Crippen molar-refractivity contribution in [3.05, 3.63) is 34.9 Å². The van der Waals surface area contributed by atoms with Gasteiger partial charge in [-0.2, -0.15) is 0 Å². The molecule has 1 aliphatic rings. The summed E-state index contributed by atoms with van der Waals surface area (Å²) in [5.74, 6) is 0. The van der Waals surface area contributed by atoms with Gasteiger partial charge in [-0.05, 0) is 44.9 Å². The number of hydrogen-bond acceptors (Lipinski definition) is 4. The molecule has 0 aromatic heterocycles. The summed E-state index contributed by atoms with van der Waals surface area (Å²) in [6.45, 7) is 9.29. The SMILES string of the molecule is Cc1ccc(C)c([C@@H]2CN(CCCNS(C)(=O)=O)[C@@H](C)CO2)c1.